The van der Waals surface area contributed by atoms with Gasteiger partial charge in [-0.15, -0.1) is 0 Å². The van der Waals surface area contributed by atoms with Crippen molar-refractivity contribution in [1.82, 2.24) is 24.6 Å². The molecule has 1 aliphatic heterocycles. The van der Waals surface area contributed by atoms with Crippen molar-refractivity contribution in [2.24, 2.45) is 0 Å². The van der Waals surface area contributed by atoms with E-state index in [0.717, 1.165) is 36.2 Å². The largest absolute Gasteiger partial charge is 0.353 e. The van der Waals surface area contributed by atoms with E-state index in [1.807, 2.05) is 0 Å². The van der Waals surface area contributed by atoms with Gasteiger partial charge in [0.2, 0.25) is 10.0 Å². The number of benzene rings is 1. The van der Waals surface area contributed by atoms with Crippen LogP contribution in [0, 0.1) is 11.3 Å². The molecule has 1 saturated heterocycles. The zero-order valence-electron chi connectivity index (χ0n) is 16.9. The van der Waals surface area contributed by atoms with Gasteiger partial charge in [-0.2, -0.15) is 9.98 Å². The first-order valence-corrected chi connectivity index (χ1v) is 11.5. The minimum absolute atomic E-state index is 0.130. The summed E-state index contributed by atoms with van der Waals surface area (Å²) in [7, 11) is -1.66. The van der Waals surface area contributed by atoms with E-state index in [1.54, 1.807) is 24.5 Å². The van der Waals surface area contributed by atoms with Gasteiger partial charge in [0.15, 0.2) is 0 Å². The maximum atomic E-state index is 12.8. The van der Waals surface area contributed by atoms with Gasteiger partial charge >= 0.3 is 0 Å². The highest BCUT2D eigenvalue weighted by Gasteiger charge is 2.46. The highest BCUT2D eigenvalue weighted by atomic mass is 32.2. The summed E-state index contributed by atoms with van der Waals surface area (Å²) in [6.07, 6.45) is 2.62. The Balaban J connectivity index is 1.57. The van der Waals surface area contributed by atoms with E-state index in [2.05, 4.69) is 49.5 Å². The van der Waals surface area contributed by atoms with E-state index in [9.17, 15) is 13.7 Å². The Hall–Kier alpha value is -2.74. The third-order valence-corrected chi connectivity index (χ3v) is 7.74. The first kappa shape index (κ1) is 19.2. The van der Waals surface area contributed by atoms with Crippen LogP contribution in [0.25, 0.3) is 21.9 Å². The number of nitrogens with one attached hydrogen (secondary N) is 2. The third kappa shape index (κ3) is 3.10. The minimum Gasteiger partial charge on any atom is -0.353 e. The van der Waals surface area contributed by atoms with Gasteiger partial charge < -0.3 is 14.8 Å². The van der Waals surface area contributed by atoms with Crippen molar-refractivity contribution in [3.8, 4) is 6.07 Å². The normalized spacial score (nSPS) is 21.8. The van der Waals surface area contributed by atoms with E-state index in [4.69, 9.17) is 0 Å². The summed E-state index contributed by atoms with van der Waals surface area (Å²) in [4.78, 5) is 16.9. The van der Waals surface area contributed by atoms with E-state index in [0.29, 0.717) is 30.0 Å². The molecule has 3 aromatic rings. The number of aromatic nitrogens is 3. The second-order valence-electron chi connectivity index (χ2n) is 8.33. The number of rotatable bonds is 4. The second kappa shape index (κ2) is 6.63. The van der Waals surface area contributed by atoms with Crippen LogP contribution in [-0.2, 0) is 10.0 Å². The lowest BCUT2D eigenvalue weighted by Gasteiger charge is -2.38. The second-order valence-corrected chi connectivity index (χ2v) is 10.0. The summed E-state index contributed by atoms with van der Waals surface area (Å²) < 4.78 is 28.1. The van der Waals surface area contributed by atoms with E-state index in [1.165, 1.54) is 0 Å². The molecule has 1 saturated carbocycles. The smallest absolute Gasteiger partial charge is 0.242 e. The number of hydrogen-bond donors (Lipinski definition) is 2. The Kier molecular flexibility index (Phi) is 4.25. The van der Waals surface area contributed by atoms with Gasteiger partial charge in [-0.25, -0.2) is 18.4 Å². The molecule has 156 valence electrons. The molecule has 0 amide bonds. The van der Waals surface area contributed by atoms with Crippen LogP contribution in [0.1, 0.15) is 19.8 Å². The van der Waals surface area contributed by atoms with Gasteiger partial charge in [0.05, 0.1) is 16.4 Å². The lowest BCUT2D eigenvalue weighted by atomic mass is 10.1. The Labute approximate surface area is 174 Å². The molecular formula is C20H23N7O2S. The predicted molar refractivity (Wildman–Crippen MR) is 114 cm³/mol. The molecule has 9 nitrogen and oxygen atoms in total. The Morgan fingerprint density at radius 2 is 2.10 bits per heavy atom. The molecule has 30 heavy (non-hydrogen) atoms. The molecule has 1 aromatic carbocycles. The number of hydrogen-bond acceptors (Lipinski definition) is 7. The molecule has 0 spiro atoms. The van der Waals surface area contributed by atoms with Crippen molar-refractivity contribution in [2.45, 2.75) is 36.2 Å². The average molecular weight is 426 g/mol. The molecule has 2 aliphatic rings. The first-order valence-electron chi connectivity index (χ1n) is 9.99. The number of likely N-dealkylation sites (N-methyl/N-ethyl adjacent to an activating group) is 1. The van der Waals surface area contributed by atoms with Crippen molar-refractivity contribution < 1.29 is 8.42 Å². The molecule has 2 aromatic heterocycles. The Morgan fingerprint density at radius 1 is 1.30 bits per heavy atom. The number of aromatic amines is 1. The molecule has 1 aliphatic carbocycles. The monoisotopic (exact) mass is 425 g/mol. The average Bonchev–Trinajstić information content (AvgIpc) is 3.39. The fraction of sp³-hybridized carbons (Fsp3) is 0.450. The van der Waals surface area contributed by atoms with Gasteiger partial charge in [-0.3, -0.25) is 0 Å². The van der Waals surface area contributed by atoms with Crippen LogP contribution < -0.4 is 9.62 Å². The first-order chi connectivity index (χ1) is 14.3. The topological polar surface area (TPSA) is 118 Å². The van der Waals surface area contributed by atoms with Crippen molar-refractivity contribution in [1.29, 1.82) is 5.26 Å². The summed E-state index contributed by atoms with van der Waals surface area (Å²) in [5.74, 6) is 0.862. The summed E-state index contributed by atoms with van der Waals surface area (Å²) in [6, 6.07) is 7.44. The highest BCUT2D eigenvalue weighted by molar-refractivity contribution is 7.89. The van der Waals surface area contributed by atoms with E-state index >= 15 is 0 Å². The lowest BCUT2D eigenvalue weighted by molar-refractivity contribution is 0.233. The molecule has 1 unspecified atom stereocenters. The third-order valence-electron chi connectivity index (χ3n) is 6.20. The highest BCUT2D eigenvalue weighted by Crippen LogP contribution is 2.37. The van der Waals surface area contributed by atoms with Gasteiger partial charge in [0, 0.05) is 36.6 Å². The van der Waals surface area contributed by atoms with Crippen LogP contribution >= 0.6 is 0 Å². The summed E-state index contributed by atoms with van der Waals surface area (Å²) in [6.45, 7) is 4.87. The molecule has 0 bridgehead atoms. The van der Waals surface area contributed by atoms with Gasteiger partial charge in [-0.1, -0.05) is 6.07 Å². The molecule has 2 N–H and O–H groups in total. The molecule has 10 heteroatoms. The van der Waals surface area contributed by atoms with Crippen LogP contribution in [0.3, 0.4) is 0 Å². The van der Waals surface area contributed by atoms with Gasteiger partial charge in [0.25, 0.3) is 0 Å². The molecule has 1 atom stereocenters. The van der Waals surface area contributed by atoms with E-state index in [-0.39, 0.29) is 4.90 Å². The maximum Gasteiger partial charge on any atom is 0.242 e. The van der Waals surface area contributed by atoms with Crippen molar-refractivity contribution in [3.63, 3.8) is 0 Å². The SMILES string of the molecule is CC1CN(c2ncnc3[nH]c4cc(S(=O)(=O)NC5(C#N)CC5)ccc4c23)CCN1C. The fourth-order valence-corrected chi connectivity index (χ4v) is 5.42. The van der Waals surface area contributed by atoms with Crippen LogP contribution in [0.5, 0.6) is 0 Å². The Bertz CT molecular complexity index is 1290. The number of piperazine rings is 1. The zero-order valence-corrected chi connectivity index (χ0v) is 17.7. The van der Waals surface area contributed by atoms with Gasteiger partial charge in [-0.05, 0) is 38.9 Å². The summed E-state index contributed by atoms with van der Waals surface area (Å²) in [5.41, 5.74) is 0.406. The van der Waals surface area contributed by atoms with Crippen molar-refractivity contribution >= 4 is 37.8 Å². The number of nitrogens with zero attached hydrogens (tertiary/aromatic N) is 5. The Morgan fingerprint density at radius 3 is 2.80 bits per heavy atom. The molecular weight excluding hydrogens is 402 g/mol. The number of H-pyrrole nitrogens is 1. The fourth-order valence-electron chi connectivity index (χ4n) is 4.02. The molecule has 2 fully saturated rings. The maximum absolute atomic E-state index is 12.8. The minimum atomic E-state index is -3.78. The zero-order chi connectivity index (χ0) is 21.1. The number of anilines is 1. The van der Waals surface area contributed by atoms with Crippen molar-refractivity contribution in [2.75, 3.05) is 31.6 Å². The van der Waals surface area contributed by atoms with Crippen LogP contribution in [0.2, 0.25) is 0 Å². The van der Waals surface area contributed by atoms with Crippen LogP contribution in [0.15, 0.2) is 29.4 Å². The van der Waals surface area contributed by atoms with Crippen LogP contribution in [0.4, 0.5) is 5.82 Å². The van der Waals surface area contributed by atoms with Crippen molar-refractivity contribution in [3.05, 3.63) is 24.5 Å². The summed E-state index contributed by atoms with van der Waals surface area (Å²) >= 11 is 0. The quantitative estimate of drug-likeness (QED) is 0.652. The summed E-state index contributed by atoms with van der Waals surface area (Å²) in [5, 5.41) is 11.0. The molecule has 3 heterocycles. The predicted octanol–water partition coefficient (Wildman–Crippen LogP) is 1.59. The molecule has 5 rings (SSSR count). The van der Waals surface area contributed by atoms with Crippen LogP contribution in [-0.4, -0.2) is 66.5 Å². The van der Waals surface area contributed by atoms with Gasteiger partial charge in [0.1, 0.15) is 23.3 Å². The lowest BCUT2D eigenvalue weighted by Crippen LogP contribution is -2.50. The number of nitriles is 1. The number of fused-ring (bicyclic) bond motifs is 3. The van der Waals surface area contributed by atoms with E-state index < -0.39 is 15.6 Å². The standard InChI is InChI=1S/C20H23N7O2S/c1-13-10-27(8-7-26(13)2)19-17-15-4-3-14(9-16(15)24-18(17)22-12-23-19)30(28,29)25-20(11-21)5-6-20/h3-4,9,12-13,25H,5-8,10H2,1-2H3,(H,22,23,24). The molecule has 0 radical (unpaired) electrons. The number of sulfonamides is 1.